The number of anilines is 1. The molecule has 2 aliphatic rings. The van der Waals surface area contributed by atoms with Crippen LogP contribution in [0, 0.1) is 12.8 Å². The summed E-state index contributed by atoms with van der Waals surface area (Å²) in [6.45, 7) is 9.99. The molecule has 2 saturated heterocycles. The van der Waals surface area contributed by atoms with Crippen LogP contribution in [0.4, 0.5) is 5.82 Å². The molecule has 132 valence electrons. The van der Waals surface area contributed by atoms with Crippen molar-refractivity contribution < 1.29 is 0 Å². The van der Waals surface area contributed by atoms with Crippen LogP contribution in [0.3, 0.4) is 0 Å². The summed E-state index contributed by atoms with van der Waals surface area (Å²) < 4.78 is 1.86. The number of piperazine rings is 1. The Hall–Kier alpha value is -1.44. The number of nitrogens with one attached hydrogen (secondary N) is 1. The number of hydrogen-bond acceptors (Lipinski definition) is 6. The highest BCUT2D eigenvalue weighted by atomic mass is 35.5. The topological polar surface area (TPSA) is 61.6 Å². The van der Waals surface area contributed by atoms with Gasteiger partial charge in [0.25, 0.3) is 5.78 Å². The van der Waals surface area contributed by atoms with Gasteiger partial charge in [-0.2, -0.15) is 14.6 Å². The van der Waals surface area contributed by atoms with Crippen molar-refractivity contribution in [2.45, 2.75) is 19.8 Å². The second kappa shape index (κ2) is 7.63. The van der Waals surface area contributed by atoms with E-state index in [1.54, 1.807) is 6.33 Å². The summed E-state index contributed by atoms with van der Waals surface area (Å²) >= 11 is 0. The molecule has 0 amide bonds. The van der Waals surface area contributed by atoms with Crippen LogP contribution in [0.15, 0.2) is 12.4 Å². The predicted molar refractivity (Wildman–Crippen MR) is 97.0 cm³/mol. The van der Waals surface area contributed by atoms with Crippen LogP contribution in [-0.4, -0.2) is 70.3 Å². The third-order valence-corrected chi connectivity index (χ3v) is 5.03. The number of halogens is 1. The number of fused-ring (bicyclic) bond motifs is 1. The van der Waals surface area contributed by atoms with E-state index >= 15 is 0 Å². The molecular weight excluding hydrogens is 326 g/mol. The Morgan fingerprint density at radius 3 is 2.67 bits per heavy atom. The average molecular weight is 352 g/mol. The first-order valence-corrected chi connectivity index (χ1v) is 8.65. The van der Waals surface area contributed by atoms with Crippen molar-refractivity contribution in [3.8, 4) is 0 Å². The van der Waals surface area contributed by atoms with E-state index in [9.17, 15) is 0 Å². The van der Waals surface area contributed by atoms with E-state index in [0.717, 1.165) is 43.6 Å². The SMILES string of the molecule is Cc1cc(N2CCN(CC3CCNCC3)CC2)n2ncnc2n1.Cl. The van der Waals surface area contributed by atoms with Gasteiger partial charge in [-0.1, -0.05) is 0 Å². The predicted octanol–water partition coefficient (Wildman–Crippen LogP) is 0.976. The van der Waals surface area contributed by atoms with Gasteiger partial charge in [-0.15, -0.1) is 12.4 Å². The molecule has 0 aromatic carbocycles. The van der Waals surface area contributed by atoms with Gasteiger partial charge in [0.15, 0.2) is 0 Å². The van der Waals surface area contributed by atoms with Gasteiger partial charge in [-0.3, -0.25) is 4.90 Å². The van der Waals surface area contributed by atoms with E-state index in [1.165, 1.54) is 32.5 Å². The molecule has 0 unspecified atom stereocenters. The van der Waals surface area contributed by atoms with Crippen molar-refractivity contribution in [3.05, 3.63) is 18.1 Å². The zero-order valence-corrected chi connectivity index (χ0v) is 15.0. The Bertz CT molecular complexity index is 659. The van der Waals surface area contributed by atoms with Crippen molar-refractivity contribution in [2.24, 2.45) is 5.92 Å². The minimum absolute atomic E-state index is 0. The normalized spacial score (nSPS) is 20.3. The van der Waals surface area contributed by atoms with Gasteiger partial charge in [0.2, 0.25) is 0 Å². The molecule has 4 heterocycles. The third kappa shape index (κ3) is 3.63. The molecule has 7 nitrogen and oxygen atoms in total. The van der Waals surface area contributed by atoms with Crippen molar-refractivity contribution in [3.63, 3.8) is 0 Å². The van der Waals surface area contributed by atoms with Gasteiger partial charge >= 0.3 is 0 Å². The highest BCUT2D eigenvalue weighted by Crippen LogP contribution is 2.19. The number of hydrogen-bond donors (Lipinski definition) is 1. The lowest BCUT2D eigenvalue weighted by Crippen LogP contribution is -2.49. The Morgan fingerprint density at radius 1 is 1.17 bits per heavy atom. The Balaban J connectivity index is 0.00000169. The van der Waals surface area contributed by atoms with Crippen LogP contribution in [0.5, 0.6) is 0 Å². The van der Waals surface area contributed by atoms with Crippen molar-refractivity contribution in [1.29, 1.82) is 0 Å². The van der Waals surface area contributed by atoms with E-state index in [-0.39, 0.29) is 12.4 Å². The standard InChI is InChI=1S/C16H25N7.ClH/c1-13-10-15(23-16(20-13)18-12-19-23)22-8-6-21(7-9-22)11-14-2-4-17-5-3-14;/h10,12,14,17H,2-9,11H2,1H3;1H. The molecule has 0 radical (unpaired) electrons. The molecule has 2 aromatic heterocycles. The smallest absolute Gasteiger partial charge is 0.254 e. The number of rotatable bonds is 3. The van der Waals surface area contributed by atoms with Crippen LogP contribution < -0.4 is 10.2 Å². The van der Waals surface area contributed by atoms with E-state index in [2.05, 4.69) is 36.2 Å². The van der Waals surface area contributed by atoms with E-state index in [1.807, 2.05) is 11.4 Å². The van der Waals surface area contributed by atoms with E-state index in [4.69, 9.17) is 0 Å². The highest BCUT2D eigenvalue weighted by molar-refractivity contribution is 5.85. The maximum absolute atomic E-state index is 4.43. The largest absolute Gasteiger partial charge is 0.354 e. The quantitative estimate of drug-likeness (QED) is 0.889. The fourth-order valence-corrected chi connectivity index (χ4v) is 3.73. The number of nitrogens with zero attached hydrogens (tertiary/aromatic N) is 6. The first-order chi connectivity index (χ1) is 11.3. The highest BCUT2D eigenvalue weighted by Gasteiger charge is 2.23. The zero-order valence-electron chi connectivity index (χ0n) is 14.2. The van der Waals surface area contributed by atoms with E-state index in [0.29, 0.717) is 5.78 Å². The second-order valence-corrected chi connectivity index (χ2v) is 6.71. The van der Waals surface area contributed by atoms with Gasteiger partial charge in [-0.05, 0) is 38.8 Å². The molecule has 0 saturated carbocycles. The summed E-state index contributed by atoms with van der Waals surface area (Å²) in [7, 11) is 0. The molecule has 1 N–H and O–H groups in total. The fraction of sp³-hybridized carbons (Fsp3) is 0.688. The second-order valence-electron chi connectivity index (χ2n) is 6.71. The number of aromatic nitrogens is 4. The average Bonchev–Trinajstić information content (AvgIpc) is 3.04. The summed E-state index contributed by atoms with van der Waals surface area (Å²) in [5.74, 6) is 2.68. The van der Waals surface area contributed by atoms with Crippen molar-refractivity contribution >= 4 is 24.0 Å². The Morgan fingerprint density at radius 2 is 1.92 bits per heavy atom. The minimum Gasteiger partial charge on any atom is -0.354 e. The van der Waals surface area contributed by atoms with Gasteiger partial charge in [0.05, 0.1) is 0 Å². The van der Waals surface area contributed by atoms with Crippen LogP contribution in [-0.2, 0) is 0 Å². The summed E-state index contributed by atoms with van der Waals surface area (Å²) in [5, 5.41) is 7.78. The molecule has 4 rings (SSSR count). The minimum atomic E-state index is 0. The summed E-state index contributed by atoms with van der Waals surface area (Å²) in [6, 6.07) is 2.12. The molecule has 0 aliphatic carbocycles. The maximum atomic E-state index is 4.43. The van der Waals surface area contributed by atoms with Crippen LogP contribution in [0.1, 0.15) is 18.5 Å². The van der Waals surface area contributed by atoms with Gasteiger partial charge in [0.1, 0.15) is 12.1 Å². The lowest BCUT2D eigenvalue weighted by atomic mass is 9.97. The molecule has 2 aromatic rings. The molecule has 0 atom stereocenters. The molecule has 2 fully saturated rings. The molecule has 8 heteroatoms. The Labute approximate surface area is 148 Å². The third-order valence-electron chi connectivity index (χ3n) is 5.03. The molecule has 2 aliphatic heterocycles. The monoisotopic (exact) mass is 351 g/mol. The summed E-state index contributed by atoms with van der Waals surface area (Å²) in [5.41, 5.74) is 0.998. The van der Waals surface area contributed by atoms with E-state index < -0.39 is 0 Å². The first-order valence-electron chi connectivity index (χ1n) is 8.65. The summed E-state index contributed by atoms with van der Waals surface area (Å²) in [6.07, 6.45) is 4.23. The molecule has 0 bridgehead atoms. The van der Waals surface area contributed by atoms with Crippen molar-refractivity contribution in [1.82, 2.24) is 29.8 Å². The maximum Gasteiger partial charge on any atom is 0.254 e. The lowest BCUT2D eigenvalue weighted by molar-refractivity contribution is 0.196. The van der Waals surface area contributed by atoms with Crippen LogP contribution in [0.2, 0.25) is 0 Å². The Kier molecular flexibility index (Phi) is 5.53. The van der Waals surface area contributed by atoms with Gasteiger partial charge in [-0.25, -0.2) is 4.98 Å². The van der Waals surface area contributed by atoms with Gasteiger partial charge in [0, 0.05) is 44.5 Å². The van der Waals surface area contributed by atoms with Crippen molar-refractivity contribution in [2.75, 3.05) is 50.7 Å². The lowest BCUT2D eigenvalue weighted by Gasteiger charge is -2.38. The first kappa shape index (κ1) is 17.4. The number of aryl methyl sites for hydroxylation is 1. The van der Waals surface area contributed by atoms with Gasteiger partial charge < -0.3 is 10.2 Å². The molecular formula is C16H26ClN7. The zero-order chi connectivity index (χ0) is 15.6. The number of piperidine rings is 1. The fourth-order valence-electron chi connectivity index (χ4n) is 3.73. The molecule has 0 spiro atoms. The van der Waals surface area contributed by atoms with Crippen LogP contribution >= 0.6 is 12.4 Å². The van der Waals surface area contributed by atoms with Crippen LogP contribution in [0.25, 0.3) is 5.78 Å². The molecule has 24 heavy (non-hydrogen) atoms. The summed E-state index contributed by atoms with van der Waals surface area (Å²) in [4.78, 5) is 13.7.